The standard InChI is InChI=1S/C12H18N2O2S2/c15-11-5-10(12(16)14(11)8-1-2-8)13-6-9-7-17-3-4-18-9/h8-10,13H,1-7H2. The molecule has 2 unspecified atom stereocenters. The van der Waals surface area contributed by atoms with Crippen molar-refractivity contribution in [3.05, 3.63) is 0 Å². The highest BCUT2D eigenvalue weighted by atomic mass is 32.2. The summed E-state index contributed by atoms with van der Waals surface area (Å²) in [5.41, 5.74) is 0. The van der Waals surface area contributed by atoms with Gasteiger partial charge < -0.3 is 5.32 Å². The summed E-state index contributed by atoms with van der Waals surface area (Å²) in [5, 5.41) is 3.88. The predicted molar refractivity (Wildman–Crippen MR) is 74.9 cm³/mol. The lowest BCUT2D eigenvalue weighted by Crippen LogP contribution is -2.42. The molecule has 3 aliphatic rings. The van der Waals surface area contributed by atoms with E-state index in [1.54, 1.807) is 0 Å². The van der Waals surface area contributed by atoms with E-state index in [1.165, 1.54) is 16.4 Å². The number of carbonyl (C=O) groups excluding carboxylic acids is 2. The van der Waals surface area contributed by atoms with Crippen LogP contribution in [0.5, 0.6) is 0 Å². The molecule has 2 aliphatic heterocycles. The molecule has 3 fully saturated rings. The fourth-order valence-electron chi connectivity index (χ4n) is 2.46. The summed E-state index contributed by atoms with van der Waals surface area (Å²) >= 11 is 3.95. The van der Waals surface area contributed by atoms with Crippen molar-refractivity contribution in [3.8, 4) is 0 Å². The second-order valence-corrected chi connectivity index (χ2v) is 7.62. The lowest BCUT2D eigenvalue weighted by molar-refractivity contribution is -0.139. The molecule has 2 heterocycles. The van der Waals surface area contributed by atoms with Crippen LogP contribution < -0.4 is 5.32 Å². The lowest BCUT2D eigenvalue weighted by atomic mass is 10.2. The third kappa shape index (κ3) is 2.70. The molecule has 3 rings (SSSR count). The number of imide groups is 1. The van der Waals surface area contributed by atoms with Gasteiger partial charge in [-0.1, -0.05) is 0 Å². The monoisotopic (exact) mass is 286 g/mol. The number of hydrogen-bond acceptors (Lipinski definition) is 5. The van der Waals surface area contributed by atoms with Crippen molar-refractivity contribution in [2.24, 2.45) is 0 Å². The van der Waals surface area contributed by atoms with E-state index in [2.05, 4.69) is 5.32 Å². The number of likely N-dealkylation sites (tertiary alicyclic amines) is 1. The summed E-state index contributed by atoms with van der Waals surface area (Å²) in [5.74, 6) is 3.61. The van der Waals surface area contributed by atoms with E-state index in [0.29, 0.717) is 11.7 Å². The van der Waals surface area contributed by atoms with E-state index in [9.17, 15) is 9.59 Å². The molecule has 2 atom stereocenters. The number of hydrogen-bond donors (Lipinski definition) is 1. The maximum atomic E-state index is 12.1. The summed E-state index contributed by atoms with van der Waals surface area (Å²) in [6.07, 6.45) is 2.36. The quantitative estimate of drug-likeness (QED) is 0.772. The van der Waals surface area contributed by atoms with Gasteiger partial charge in [0.2, 0.25) is 11.8 Å². The Balaban J connectivity index is 1.50. The van der Waals surface area contributed by atoms with E-state index in [-0.39, 0.29) is 23.9 Å². The minimum absolute atomic E-state index is 0.0102. The molecular formula is C12H18N2O2S2. The number of thioether (sulfide) groups is 2. The first-order valence-corrected chi connectivity index (χ1v) is 8.74. The Morgan fingerprint density at radius 2 is 2.11 bits per heavy atom. The molecule has 2 amide bonds. The van der Waals surface area contributed by atoms with Gasteiger partial charge in [-0.2, -0.15) is 23.5 Å². The van der Waals surface area contributed by atoms with Crippen molar-refractivity contribution in [3.63, 3.8) is 0 Å². The molecule has 4 nitrogen and oxygen atoms in total. The average molecular weight is 286 g/mol. The number of carbonyl (C=O) groups is 2. The van der Waals surface area contributed by atoms with Crippen LogP contribution in [0.15, 0.2) is 0 Å². The van der Waals surface area contributed by atoms with Crippen molar-refractivity contribution >= 4 is 35.3 Å². The second kappa shape index (κ2) is 5.43. The van der Waals surface area contributed by atoms with Gasteiger partial charge in [0.1, 0.15) is 0 Å². The van der Waals surface area contributed by atoms with Crippen LogP contribution in [0, 0.1) is 0 Å². The normalized spacial score (nSPS) is 33.2. The highest BCUT2D eigenvalue weighted by molar-refractivity contribution is 8.06. The van der Waals surface area contributed by atoms with Crippen molar-refractivity contribution in [1.29, 1.82) is 0 Å². The molecule has 6 heteroatoms. The molecule has 0 aromatic heterocycles. The smallest absolute Gasteiger partial charge is 0.247 e. The van der Waals surface area contributed by atoms with E-state index in [0.717, 1.165) is 25.1 Å². The van der Waals surface area contributed by atoms with E-state index >= 15 is 0 Å². The highest BCUT2D eigenvalue weighted by Gasteiger charge is 2.45. The van der Waals surface area contributed by atoms with Crippen LogP contribution in [0.4, 0.5) is 0 Å². The Morgan fingerprint density at radius 3 is 2.78 bits per heavy atom. The van der Waals surface area contributed by atoms with Crippen LogP contribution in [-0.4, -0.2) is 57.9 Å². The van der Waals surface area contributed by atoms with Crippen LogP contribution in [0.1, 0.15) is 19.3 Å². The summed E-state index contributed by atoms with van der Waals surface area (Å²) in [6, 6.07) is -0.0398. The minimum atomic E-state index is -0.259. The van der Waals surface area contributed by atoms with Crippen molar-refractivity contribution in [1.82, 2.24) is 10.2 Å². The predicted octanol–water partition coefficient (Wildman–Crippen LogP) is 0.714. The summed E-state index contributed by atoms with van der Waals surface area (Å²) < 4.78 is 0. The molecule has 100 valence electrons. The first-order chi connectivity index (χ1) is 8.75. The van der Waals surface area contributed by atoms with Crippen LogP contribution >= 0.6 is 23.5 Å². The van der Waals surface area contributed by atoms with Gasteiger partial charge in [-0.25, -0.2) is 0 Å². The lowest BCUT2D eigenvalue weighted by Gasteiger charge is -2.22. The second-order valence-electron chi connectivity index (χ2n) is 5.07. The van der Waals surface area contributed by atoms with Crippen LogP contribution in [0.3, 0.4) is 0 Å². The maximum Gasteiger partial charge on any atom is 0.247 e. The Hall–Kier alpha value is -0.200. The van der Waals surface area contributed by atoms with Crippen molar-refractivity contribution in [2.75, 3.05) is 23.8 Å². The molecule has 1 N–H and O–H groups in total. The molecule has 18 heavy (non-hydrogen) atoms. The van der Waals surface area contributed by atoms with Crippen LogP contribution in [-0.2, 0) is 9.59 Å². The molecule has 1 saturated carbocycles. The van der Waals surface area contributed by atoms with E-state index in [1.807, 2.05) is 23.5 Å². The van der Waals surface area contributed by atoms with Gasteiger partial charge in [0.25, 0.3) is 0 Å². The maximum absolute atomic E-state index is 12.1. The zero-order valence-corrected chi connectivity index (χ0v) is 11.9. The summed E-state index contributed by atoms with van der Waals surface area (Å²) in [7, 11) is 0. The van der Waals surface area contributed by atoms with E-state index in [4.69, 9.17) is 0 Å². The summed E-state index contributed by atoms with van der Waals surface area (Å²) in [4.78, 5) is 25.4. The third-order valence-corrected chi connectivity index (χ3v) is 6.42. The number of amides is 2. The Kier molecular flexibility index (Phi) is 3.86. The number of nitrogens with zero attached hydrogens (tertiary/aromatic N) is 1. The topological polar surface area (TPSA) is 49.4 Å². The average Bonchev–Trinajstić information content (AvgIpc) is 3.16. The van der Waals surface area contributed by atoms with Gasteiger partial charge in [-0.3, -0.25) is 14.5 Å². The van der Waals surface area contributed by atoms with Gasteiger partial charge >= 0.3 is 0 Å². The molecule has 2 saturated heterocycles. The minimum Gasteiger partial charge on any atom is -0.304 e. The molecule has 0 spiro atoms. The van der Waals surface area contributed by atoms with Crippen molar-refractivity contribution < 1.29 is 9.59 Å². The SMILES string of the molecule is O=C1CC(NCC2CSCCS2)C(=O)N1C1CC1. The highest BCUT2D eigenvalue weighted by Crippen LogP contribution is 2.31. The van der Waals surface area contributed by atoms with Gasteiger partial charge in [0.15, 0.2) is 0 Å². The van der Waals surface area contributed by atoms with Gasteiger partial charge in [-0.15, -0.1) is 0 Å². The Bertz CT molecular complexity index is 354. The Morgan fingerprint density at radius 1 is 1.28 bits per heavy atom. The van der Waals surface area contributed by atoms with Gasteiger partial charge in [0, 0.05) is 35.1 Å². The Labute approximate surface area is 116 Å². The van der Waals surface area contributed by atoms with Crippen molar-refractivity contribution in [2.45, 2.75) is 36.6 Å². The summed E-state index contributed by atoms with van der Waals surface area (Å²) in [6.45, 7) is 0.847. The third-order valence-electron chi connectivity index (χ3n) is 3.57. The molecule has 0 radical (unpaired) electrons. The van der Waals surface area contributed by atoms with E-state index < -0.39 is 0 Å². The molecule has 0 aromatic carbocycles. The molecule has 1 aliphatic carbocycles. The van der Waals surface area contributed by atoms with Gasteiger partial charge in [-0.05, 0) is 12.8 Å². The first-order valence-electron chi connectivity index (χ1n) is 6.54. The first kappa shape index (κ1) is 12.8. The van der Waals surface area contributed by atoms with Gasteiger partial charge in [0.05, 0.1) is 12.5 Å². The van der Waals surface area contributed by atoms with Crippen LogP contribution in [0.2, 0.25) is 0 Å². The fourth-order valence-corrected chi connectivity index (χ4v) is 5.08. The largest absolute Gasteiger partial charge is 0.304 e. The molecule has 0 bridgehead atoms. The zero-order chi connectivity index (χ0) is 12.5. The molecule has 0 aromatic rings. The number of rotatable bonds is 4. The molecular weight excluding hydrogens is 268 g/mol. The number of nitrogens with one attached hydrogen (secondary N) is 1. The zero-order valence-electron chi connectivity index (χ0n) is 10.3. The fraction of sp³-hybridized carbons (Fsp3) is 0.833. The van der Waals surface area contributed by atoms with Crippen LogP contribution in [0.25, 0.3) is 0 Å².